The largest absolute Gasteiger partial charge is 0.393 e. The van der Waals surface area contributed by atoms with Gasteiger partial charge in [-0.1, -0.05) is 25.7 Å². The number of aliphatic hydroxyl groups excluding tert-OH is 1. The lowest BCUT2D eigenvalue weighted by Crippen LogP contribution is -2.12. The molecule has 0 spiro atoms. The maximum absolute atomic E-state index is 9.94. The fourth-order valence-corrected chi connectivity index (χ4v) is 2.62. The summed E-state index contributed by atoms with van der Waals surface area (Å²) in [5.74, 6) is 0.882. The normalized spacial score (nSPS) is 18.8. The first-order chi connectivity index (χ1) is 7.84. The summed E-state index contributed by atoms with van der Waals surface area (Å²) < 4.78 is 0. The average Bonchev–Trinajstić information content (AvgIpc) is 2.81. The number of pyridine rings is 1. The highest BCUT2D eigenvalue weighted by Gasteiger charge is 2.16. The van der Waals surface area contributed by atoms with Crippen molar-refractivity contribution in [2.75, 3.05) is 0 Å². The van der Waals surface area contributed by atoms with E-state index in [4.69, 9.17) is 0 Å². The van der Waals surface area contributed by atoms with Crippen LogP contribution in [-0.2, 0) is 6.42 Å². The van der Waals surface area contributed by atoms with E-state index >= 15 is 0 Å². The van der Waals surface area contributed by atoms with E-state index in [0.29, 0.717) is 0 Å². The molecule has 1 unspecified atom stereocenters. The zero-order valence-electron chi connectivity index (χ0n) is 9.81. The van der Waals surface area contributed by atoms with Gasteiger partial charge >= 0.3 is 0 Å². The van der Waals surface area contributed by atoms with E-state index < -0.39 is 0 Å². The van der Waals surface area contributed by atoms with Gasteiger partial charge < -0.3 is 5.11 Å². The molecule has 1 aromatic rings. The highest BCUT2D eigenvalue weighted by atomic mass is 16.3. The third kappa shape index (κ3) is 3.60. The molecule has 0 bridgehead atoms. The Balaban J connectivity index is 1.69. The van der Waals surface area contributed by atoms with Crippen molar-refractivity contribution in [3.8, 4) is 0 Å². The van der Waals surface area contributed by atoms with Gasteiger partial charge in [-0.25, -0.2) is 0 Å². The maximum atomic E-state index is 9.94. The number of rotatable bonds is 5. The van der Waals surface area contributed by atoms with E-state index in [1.165, 1.54) is 37.7 Å². The van der Waals surface area contributed by atoms with Gasteiger partial charge in [0.15, 0.2) is 0 Å². The SMILES string of the molecule is OC(CCC1CCCC1)Cc1ccncc1. The smallest absolute Gasteiger partial charge is 0.0580 e. The molecule has 1 aliphatic rings. The third-order valence-corrected chi connectivity index (χ3v) is 3.60. The van der Waals surface area contributed by atoms with Gasteiger partial charge in [0, 0.05) is 12.4 Å². The topological polar surface area (TPSA) is 33.1 Å². The summed E-state index contributed by atoms with van der Waals surface area (Å²) in [4.78, 5) is 3.98. The molecule has 16 heavy (non-hydrogen) atoms. The van der Waals surface area contributed by atoms with E-state index in [1.54, 1.807) is 12.4 Å². The van der Waals surface area contributed by atoms with Crippen molar-refractivity contribution in [3.05, 3.63) is 30.1 Å². The van der Waals surface area contributed by atoms with E-state index in [1.807, 2.05) is 12.1 Å². The first-order valence-corrected chi connectivity index (χ1v) is 6.41. The number of hydrogen-bond donors (Lipinski definition) is 1. The van der Waals surface area contributed by atoms with Crippen molar-refractivity contribution in [3.63, 3.8) is 0 Å². The van der Waals surface area contributed by atoms with Crippen LogP contribution in [0.1, 0.15) is 44.1 Å². The number of hydrogen-bond acceptors (Lipinski definition) is 2. The quantitative estimate of drug-likeness (QED) is 0.826. The van der Waals surface area contributed by atoms with Gasteiger partial charge in [0.05, 0.1) is 6.10 Å². The van der Waals surface area contributed by atoms with E-state index in [0.717, 1.165) is 18.8 Å². The van der Waals surface area contributed by atoms with E-state index in [9.17, 15) is 5.11 Å². The van der Waals surface area contributed by atoms with E-state index in [-0.39, 0.29) is 6.10 Å². The van der Waals surface area contributed by atoms with Gasteiger partial charge in [-0.3, -0.25) is 4.98 Å². The van der Waals surface area contributed by atoms with Crippen LogP contribution in [0.25, 0.3) is 0 Å². The average molecular weight is 219 g/mol. The first kappa shape index (κ1) is 11.6. The van der Waals surface area contributed by atoms with Crippen molar-refractivity contribution >= 4 is 0 Å². The minimum Gasteiger partial charge on any atom is -0.393 e. The Morgan fingerprint density at radius 1 is 1.25 bits per heavy atom. The molecule has 1 aromatic heterocycles. The van der Waals surface area contributed by atoms with Crippen molar-refractivity contribution in [2.24, 2.45) is 5.92 Å². The van der Waals surface area contributed by atoms with Gasteiger partial charge in [-0.2, -0.15) is 0 Å². The van der Waals surface area contributed by atoms with Crippen LogP contribution in [0.4, 0.5) is 0 Å². The Hall–Kier alpha value is -0.890. The minimum atomic E-state index is -0.178. The second-order valence-corrected chi connectivity index (χ2v) is 4.94. The summed E-state index contributed by atoms with van der Waals surface area (Å²) in [5, 5.41) is 9.94. The third-order valence-electron chi connectivity index (χ3n) is 3.60. The van der Waals surface area contributed by atoms with Gasteiger partial charge in [0.2, 0.25) is 0 Å². The van der Waals surface area contributed by atoms with Gasteiger partial charge in [-0.05, 0) is 42.9 Å². The summed E-state index contributed by atoms with van der Waals surface area (Å²) in [7, 11) is 0. The molecule has 1 fully saturated rings. The summed E-state index contributed by atoms with van der Waals surface area (Å²) in [5.41, 5.74) is 1.19. The molecule has 1 saturated carbocycles. The van der Waals surface area contributed by atoms with Crippen molar-refractivity contribution in [1.29, 1.82) is 0 Å². The van der Waals surface area contributed by atoms with Crippen LogP contribution >= 0.6 is 0 Å². The Kier molecular flexibility index (Phi) is 4.34. The Morgan fingerprint density at radius 2 is 1.94 bits per heavy atom. The van der Waals surface area contributed by atoms with Crippen LogP contribution in [0.2, 0.25) is 0 Å². The fourth-order valence-electron chi connectivity index (χ4n) is 2.62. The molecule has 2 heteroatoms. The zero-order chi connectivity index (χ0) is 11.2. The number of aliphatic hydroxyl groups is 1. The summed E-state index contributed by atoms with van der Waals surface area (Å²) in [6.45, 7) is 0. The fraction of sp³-hybridized carbons (Fsp3) is 0.643. The molecule has 0 amide bonds. The standard InChI is InChI=1S/C14H21NO/c16-14(6-5-12-3-1-2-4-12)11-13-7-9-15-10-8-13/h7-10,12,14,16H,1-6,11H2. The van der Waals surface area contributed by atoms with Gasteiger partial charge in [0.25, 0.3) is 0 Å². The second-order valence-electron chi connectivity index (χ2n) is 4.94. The molecule has 2 rings (SSSR count). The molecular weight excluding hydrogens is 198 g/mol. The van der Waals surface area contributed by atoms with Gasteiger partial charge in [0.1, 0.15) is 0 Å². The summed E-state index contributed by atoms with van der Waals surface area (Å²) in [6, 6.07) is 3.97. The lowest BCUT2D eigenvalue weighted by Gasteiger charge is -2.13. The molecule has 2 nitrogen and oxygen atoms in total. The van der Waals surface area contributed by atoms with Crippen LogP contribution in [0.5, 0.6) is 0 Å². The number of aromatic nitrogens is 1. The lowest BCUT2D eigenvalue weighted by atomic mass is 9.97. The van der Waals surface area contributed by atoms with Crippen LogP contribution in [-0.4, -0.2) is 16.2 Å². The molecular formula is C14H21NO. The monoisotopic (exact) mass is 219 g/mol. The molecule has 88 valence electrons. The Labute approximate surface area is 97.7 Å². The predicted octanol–water partition coefficient (Wildman–Crippen LogP) is 2.96. The van der Waals surface area contributed by atoms with Crippen LogP contribution < -0.4 is 0 Å². The minimum absolute atomic E-state index is 0.178. The van der Waals surface area contributed by atoms with Crippen molar-refractivity contribution in [1.82, 2.24) is 4.98 Å². The molecule has 1 heterocycles. The van der Waals surface area contributed by atoms with E-state index in [2.05, 4.69) is 4.98 Å². The maximum Gasteiger partial charge on any atom is 0.0580 e. The second kappa shape index (κ2) is 6.00. The zero-order valence-corrected chi connectivity index (χ0v) is 9.81. The van der Waals surface area contributed by atoms with Crippen LogP contribution in [0, 0.1) is 5.92 Å². The first-order valence-electron chi connectivity index (χ1n) is 6.41. The lowest BCUT2D eigenvalue weighted by molar-refractivity contribution is 0.155. The van der Waals surface area contributed by atoms with Crippen LogP contribution in [0.3, 0.4) is 0 Å². The van der Waals surface area contributed by atoms with Crippen molar-refractivity contribution in [2.45, 2.75) is 51.0 Å². The summed E-state index contributed by atoms with van der Waals surface area (Å²) in [6.07, 6.45) is 11.9. The Morgan fingerprint density at radius 3 is 2.62 bits per heavy atom. The molecule has 0 radical (unpaired) electrons. The summed E-state index contributed by atoms with van der Waals surface area (Å²) >= 11 is 0. The highest BCUT2D eigenvalue weighted by molar-refractivity contribution is 5.10. The van der Waals surface area contributed by atoms with Crippen molar-refractivity contribution < 1.29 is 5.11 Å². The molecule has 1 N–H and O–H groups in total. The molecule has 0 saturated heterocycles. The molecule has 1 atom stereocenters. The Bertz CT molecular complexity index is 293. The molecule has 0 aliphatic heterocycles. The molecule has 0 aromatic carbocycles. The number of nitrogens with zero attached hydrogens (tertiary/aromatic N) is 1. The highest BCUT2D eigenvalue weighted by Crippen LogP contribution is 2.29. The van der Waals surface area contributed by atoms with Crippen LogP contribution in [0.15, 0.2) is 24.5 Å². The molecule has 1 aliphatic carbocycles. The predicted molar refractivity (Wildman–Crippen MR) is 65.1 cm³/mol. The van der Waals surface area contributed by atoms with Gasteiger partial charge in [-0.15, -0.1) is 0 Å².